The van der Waals surface area contributed by atoms with Gasteiger partial charge in [-0.2, -0.15) is 0 Å². The number of nitro groups is 1. The normalized spacial score (nSPS) is 15.6. The molecule has 3 rings (SSSR count). The summed E-state index contributed by atoms with van der Waals surface area (Å²) in [6.45, 7) is 0. The van der Waals surface area contributed by atoms with Gasteiger partial charge < -0.3 is 14.7 Å². The summed E-state index contributed by atoms with van der Waals surface area (Å²) >= 11 is 5.36. The van der Waals surface area contributed by atoms with Gasteiger partial charge in [-0.05, 0) is 30.4 Å². The lowest BCUT2D eigenvalue weighted by Gasteiger charge is -2.16. The summed E-state index contributed by atoms with van der Waals surface area (Å²) in [6, 6.07) is 11.2. The van der Waals surface area contributed by atoms with E-state index in [2.05, 4.69) is 0 Å². The number of non-ortho nitro benzene ring substituents is 1. The van der Waals surface area contributed by atoms with E-state index in [4.69, 9.17) is 17.0 Å². The minimum Gasteiger partial charge on any atom is -0.504 e. The van der Waals surface area contributed by atoms with E-state index in [1.54, 1.807) is 31.3 Å². The highest BCUT2D eigenvalue weighted by Gasteiger charge is 2.37. The van der Waals surface area contributed by atoms with Gasteiger partial charge in [-0.15, -0.1) is 0 Å². The average Bonchev–Trinajstić information content (AvgIpc) is 2.87. The predicted octanol–water partition coefficient (Wildman–Crippen LogP) is 2.91. The molecular weight excluding hydrogens is 370 g/mol. The third-order valence-corrected chi connectivity index (χ3v) is 4.54. The van der Waals surface area contributed by atoms with Crippen LogP contribution in [-0.4, -0.2) is 40.1 Å². The zero-order chi connectivity index (χ0) is 19.7. The number of rotatable bonds is 4. The monoisotopic (exact) mass is 385 g/mol. The van der Waals surface area contributed by atoms with Crippen molar-refractivity contribution in [2.75, 3.05) is 19.1 Å². The smallest absolute Gasteiger partial charge is 0.281 e. The van der Waals surface area contributed by atoms with Gasteiger partial charge in [0.2, 0.25) is 0 Å². The zero-order valence-corrected chi connectivity index (χ0v) is 15.3. The number of likely N-dealkylation sites (N-methyl/N-ethyl adjacent to an activating group) is 1. The van der Waals surface area contributed by atoms with Crippen LogP contribution in [0.2, 0.25) is 0 Å². The standard InChI is InChI=1S/C18H15N3O5S/c1-19-14(17(23)20(18(19)27)12-6-4-3-5-7-12)9-11-8-13(21(24)25)10-15(26-2)16(11)22/h3-10,22H,1-2H3. The van der Waals surface area contributed by atoms with Crippen molar-refractivity contribution in [2.45, 2.75) is 0 Å². The van der Waals surface area contributed by atoms with Crippen molar-refractivity contribution in [2.24, 2.45) is 0 Å². The number of ether oxygens (including phenoxy) is 1. The Labute approximate surface area is 160 Å². The summed E-state index contributed by atoms with van der Waals surface area (Å²) in [4.78, 5) is 26.3. The fourth-order valence-corrected chi connectivity index (χ4v) is 2.98. The van der Waals surface area contributed by atoms with Crippen molar-refractivity contribution in [1.82, 2.24) is 4.90 Å². The maximum Gasteiger partial charge on any atom is 0.281 e. The number of amides is 1. The molecule has 1 heterocycles. The number of aromatic hydroxyl groups is 1. The van der Waals surface area contributed by atoms with Crippen LogP contribution in [0.15, 0.2) is 48.2 Å². The van der Waals surface area contributed by atoms with Gasteiger partial charge in [-0.25, -0.2) is 0 Å². The van der Waals surface area contributed by atoms with Crippen LogP contribution in [0.3, 0.4) is 0 Å². The molecule has 138 valence electrons. The van der Waals surface area contributed by atoms with Crippen LogP contribution in [0.5, 0.6) is 11.5 Å². The first-order valence-corrected chi connectivity index (χ1v) is 8.20. The van der Waals surface area contributed by atoms with Gasteiger partial charge in [-0.1, -0.05) is 18.2 Å². The summed E-state index contributed by atoms with van der Waals surface area (Å²) < 4.78 is 4.99. The minimum absolute atomic E-state index is 0.0633. The van der Waals surface area contributed by atoms with Gasteiger partial charge >= 0.3 is 0 Å². The summed E-state index contributed by atoms with van der Waals surface area (Å²) in [5, 5.41) is 21.7. The number of para-hydroxylation sites is 1. The lowest BCUT2D eigenvalue weighted by atomic mass is 10.1. The summed E-state index contributed by atoms with van der Waals surface area (Å²) in [5.41, 5.74) is 0.575. The maximum atomic E-state index is 12.9. The second-order valence-electron chi connectivity index (χ2n) is 5.69. The van der Waals surface area contributed by atoms with Gasteiger partial charge in [0.1, 0.15) is 5.70 Å². The van der Waals surface area contributed by atoms with Gasteiger partial charge in [0, 0.05) is 18.7 Å². The van der Waals surface area contributed by atoms with E-state index in [0.29, 0.717) is 5.69 Å². The van der Waals surface area contributed by atoms with Crippen molar-refractivity contribution < 1.29 is 19.6 Å². The number of benzene rings is 2. The number of nitrogens with zero attached hydrogens (tertiary/aromatic N) is 3. The van der Waals surface area contributed by atoms with Crippen LogP contribution < -0.4 is 9.64 Å². The maximum absolute atomic E-state index is 12.9. The molecule has 0 radical (unpaired) electrons. The van der Waals surface area contributed by atoms with Crippen LogP contribution in [0.1, 0.15) is 5.56 Å². The third-order valence-electron chi connectivity index (χ3n) is 4.09. The molecule has 1 saturated heterocycles. The van der Waals surface area contributed by atoms with Crippen LogP contribution in [0, 0.1) is 10.1 Å². The van der Waals surface area contributed by atoms with Crippen molar-refractivity contribution >= 4 is 40.7 Å². The first kappa shape index (κ1) is 18.3. The molecular formula is C18H15N3O5S. The zero-order valence-electron chi connectivity index (χ0n) is 14.4. The van der Waals surface area contributed by atoms with Crippen LogP contribution in [0.25, 0.3) is 6.08 Å². The van der Waals surface area contributed by atoms with E-state index in [9.17, 15) is 20.0 Å². The quantitative estimate of drug-likeness (QED) is 0.374. The number of nitro benzene ring substituents is 1. The molecule has 0 aromatic heterocycles. The largest absolute Gasteiger partial charge is 0.504 e. The molecule has 9 heteroatoms. The lowest BCUT2D eigenvalue weighted by molar-refractivity contribution is -0.385. The Kier molecular flexibility index (Phi) is 4.78. The Morgan fingerprint density at radius 1 is 1.26 bits per heavy atom. The molecule has 0 atom stereocenters. The number of methoxy groups -OCH3 is 1. The molecule has 2 aromatic carbocycles. The minimum atomic E-state index is -0.606. The highest BCUT2D eigenvalue weighted by Crippen LogP contribution is 2.37. The Balaban J connectivity index is 2.10. The molecule has 1 aliphatic heterocycles. The third kappa shape index (κ3) is 3.20. The topological polar surface area (TPSA) is 96.1 Å². The van der Waals surface area contributed by atoms with Crippen molar-refractivity contribution in [3.05, 3.63) is 63.8 Å². The van der Waals surface area contributed by atoms with E-state index < -0.39 is 10.8 Å². The first-order chi connectivity index (χ1) is 12.8. The second kappa shape index (κ2) is 7.04. The van der Waals surface area contributed by atoms with Crippen LogP contribution in [0.4, 0.5) is 11.4 Å². The van der Waals surface area contributed by atoms with Crippen molar-refractivity contribution in [3.63, 3.8) is 0 Å². The first-order valence-electron chi connectivity index (χ1n) is 7.79. The Bertz CT molecular complexity index is 974. The Morgan fingerprint density at radius 3 is 2.52 bits per heavy atom. The molecule has 1 amide bonds. The lowest BCUT2D eigenvalue weighted by Crippen LogP contribution is -2.30. The number of carbonyl (C=O) groups is 1. The van der Waals surface area contributed by atoms with E-state index in [1.807, 2.05) is 6.07 Å². The number of carbonyl (C=O) groups excluding carboxylic acids is 1. The molecule has 2 aromatic rings. The molecule has 8 nitrogen and oxygen atoms in total. The Hall–Kier alpha value is -3.46. The van der Waals surface area contributed by atoms with Gasteiger partial charge in [-0.3, -0.25) is 19.8 Å². The van der Waals surface area contributed by atoms with E-state index in [1.165, 1.54) is 29.1 Å². The number of hydrogen-bond acceptors (Lipinski definition) is 6. The predicted molar refractivity (Wildman–Crippen MR) is 104 cm³/mol. The number of phenolic OH excluding ortho intramolecular Hbond substituents is 1. The van der Waals surface area contributed by atoms with Crippen molar-refractivity contribution in [1.29, 1.82) is 0 Å². The van der Waals surface area contributed by atoms with E-state index >= 15 is 0 Å². The molecule has 0 spiro atoms. The van der Waals surface area contributed by atoms with E-state index in [-0.39, 0.29) is 33.6 Å². The van der Waals surface area contributed by atoms with Gasteiger partial charge in [0.05, 0.1) is 23.8 Å². The number of hydrogen-bond donors (Lipinski definition) is 1. The summed E-state index contributed by atoms with van der Waals surface area (Å²) in [5.74, 6) is -0.772. The second-order valence-corrected chi connectivity index (χ2v) is 6.06. The molecule has 1 aliphatic rings. The molecule has 1 N–H and O–H groups in total. The molecule has 0 unspecified atom stereocenters. The SMILES string of the molecule is COc1cc([N+](=O)[O-])cc(C=C2C(=O)N(c3ccccc3)C(=S)N2C)c1O. The van der Waals surface area contributed by atoms with Crippen LogP contribution >= 0.6 is 12.2 Å². The number of anilines is 1. The fourth-order valence-electron chi connectivity index (χ4n) is 2.69. The van der Waals surface area contributed by atoms with Crippen LogP contribution in [-0.2, 0) is 4.79 Å². The molecule has 27 heavy (non-hydrogen) atoms. The van der Waals surface area contributed by atoms with Crippen molar-refractivity contribution in [3.8, 4) is 11.5 Å². The average molecular weight is 385 g/mol. The van der Waals surface area contributed by atoms with Gasteiger partial charge in [0.25, 0.3) is 11.6 Å². The van der Waals surface area contributed by atoms with Gasteiger partial charge in [0.15, 0.2) is 16.6 Å². The molecule has 0 saturated carbocycles. The number of thiocarbonyl (C=S) groups is 1. The molecule has 0 aliphatic carbocycles. The van der Waals surface area contributed by atoms with E-state index in [0.717, 1.165) is 6.07 Å². The summed E-state index contributed by atoms with van der Waals surface area (Å²) in [6.07, 6.45) is 1.35. The number of phenols is 1. The molecule has 1 fully saturated rings. The molecule has 0 bridgehead atoms. The highest BCUT2D eigenvalue weighted by molar-refractivity contribution is 7.80. The summed E-state index contributed by atoms with van der Waals surface area (Å²) in [7, 11) is 2.90. The fraction of sp³-hybridized carbons (Fsp3) is 0.111. The highest BCUT2D eigenvalue weighted by atomic mass is 32.1. The Morgan fingerprint density at radius 2 is 1.93 bits per heavy atom.